The summed E-state index contributed by atoms with van der Waals surface area (Å²) in [5.41, 5.74) is 5.75. The molecule has 2 rings (SSSR count). The highest BCUT2D eigenvalue weighted by Gasteiger charge is 2.24. The van der Waals surface area contributed by atoms with Crippen LogP contribution >= 0.6 is 7.60 Å². The second-order valence-corrected chi connectivity index (χ2v) is 7.68. The molecule has 0 bridgehead atoms. The number of rotatable bonds is 7. The molecule has 0 saturated carbocycles. The van der Waals surface area contributed by atoms with E-state index in [9.17, 15) is 4.57 Å². The lowest BCUT2D eigenvalue weighted by Crippen LogP contribution is -1.99. The van der Waals surface area contributed by atoms with Gasteiger partial charge >= 0.3 is 7.60 Å². The van der Waals surface area contributed by atoms with Gasteiger partial charge in [-0.1, -0.05) is 48.0 Å². The molecule has 0 aromatic heterocycles. The van der Waals surface area contributed by atoms with Crippen LogP contribution in [0.25, 0.3) is 11.1 Å². The van der Waals surface area contributed by atoms with Crippen molar-refractivity contribution in [3.05, 3.63) is 59.2 Å². The molecular weight excluding hydrogens is 307 g/mol. The van der Waals surface area contributed by atoms with E-state index in [1.165, 1.54) is 16.7 Å². The van der Waals surface area contributed by atoms with Crippen molar-refractivity contribution in [1.29, 1.82) is 0 Å². The van der Waals surface area contributed by atoms with Crippen LogP contribution < -0.4 is 0 Å². The minimum absolute atomic E-state index is 0.299. The van der Waals surface area contributed by atoms with Gasteiger partial charge in [0.1, 0.15) is 0 Å². The lowest BCUT2D eigenvalue weighted by molar-refractivity contribution is 0.219. The van der Waals surface area contributed by atoms with Crippen LogP contribution in [0.2, 0.25) is 0 Å². The third-order valence-corrected chi connectivity index (χ3v) is 5.71. The minimum atomic E-state index is -3.07. The van der Waals surface area contributed by atoms with Crippen molar-refractivity contribution in [3.63, 3.8) is 0 Å². The summed E-state index contributed by atoms with van der Waals surface area (Å²) in [6, 6.07) is 14.5. The van der Waals surface area contributed by atoms with E-state index < -0.39 is 7.60 Å². The zero-order valence-corrected chi connectivity index (χ0v) is 15.2. The molecule has 0 spiro atoms. The number of benzene rings is 2. The number of hydrogen-bond acceptors (Lipinski definition) is 3. The molecule has 0 heterocycles. The van der Waals surface area contributed by atoms with Gasteiger partial charge in [0.15, 0.2) is 0 Å². The molecule has 0 radical (unpaired) electrons. The van der Waals surface area contributed by atoms with Gasteiger partial charge in [-0.05, 0) is 49.9 Å². The molecule has 23 heavy (non-hydrogen) atoms. The number of hydrogen-bond donors (Lipinski definition) is 0. The SMILES string of the molecule is CCOP(=O)(Cc1cccc(-c2cc(C)ccc2C)c1)OCC. The van der Waals surface area contributed by atoms with Crippen LogP contribution in [0.15, 0.2) is 42.5 Å². The molecule has 0 aliphatic carbocycles. The first-order chi connectivity index (χ1) is 11.0. The highest BCUT2D eigenvalue weighted by molar-refractivity contribution is 7.53. The Kier molecular flexibility index (Phi) is 6.17. The summed E-state index contributed by atoms with van der Waals surface area (Å²) in [5, 5.41) is 0. The van der Waals surface area contributed by atoms with Gasteiger partial charge in [0.2, 0.25) is 0 Å². The Morgan fingerprint density at radius 3 is 2.30 bits per heavy atom. The monoisotopic (exact) mass is 332 g/mol. The lowest BCUT2D eigenvalue weighted by Gasteiger charge is -2.17. The Hall–Kier alpha value is -1.41. The molecule has 0 unspecified atom stereocenters. The predicted octanol–water partition coefficient (Wildman–Crippen LogP) is 5.74. The molecule has 3 nitrogen and oxygen atoms in total. The number of aryl methyl sites for hydroxylation is 2. The zero-order chi connectivity index (χ0) is 16.9. The van der Waals surface area contributed by atoms with Crippen LogP contribution in [0.1, 0.15) is 30.5 Å². The summed E-state index contributed by atoms with van der Waals surface area (Å²) in [4.78, 5) is 0. The van der Waals surface area contributed by atoms with E-state index in [2.05, 4.69) is 44.2 Å². The van der Waals surface area contributed by atoms with E-state index in [1.54, 1.807) is 0 Å². The largest absolute Gasteiger partial charge is 0.335 e. The molecule has 0 aliphatic rings. The van der Waals surface area contributed by atoms with Gasteiger partial charge in [-0.25, -0.2) is 0 Å². The van der Waals surface area contributed by atoms with Crippen molar-refractivity contribution < 1.29 is 13.6 Å². The maximum atomic E-state index is 12.7. The average molecular weight is 332 g/mol. The highest BCUT2D eigenvalue weighted by Crippen LogP contribution is 2.51. The summed E-state index contributed by atoms with van der Waals surface area (Å²) in [6.07, 6.45) is 0.299. The van der Waals surface area contributed by atoms with Crippen molar-refractivity contribution in [2.75, 3.05) is 13.2 Å². The fraction of sp³-hybridized carbons (Fsp3) is 0.368. The van der Waals surface area contributed by atoms with Crippen LogP contribution in [0.5, 0.6) is 0 Å². The second kappa shape index (κ2) is 7.92. The molecule has 0 atom stereocenters. The van der Waals surface area contributed by atoms with Crippen molar-refractivity contribution in [2.24, 2.45) is 0 Å². The zero-order valence-electron chi connectivity index (χ0n) is 14.3. The summed E-state index contributed by atoms with van der Waals surface area (Å²) in [6.45, 7) is 8.62. The molecule has 2 aromatic carbocycles. The Morgan fingerprint density at radius 1 is 0.957 bits per heavy atom. The first kappa shape index (κ1) is 17.9. The molecule has 0 aliphatic heterocycles. The van der Waals surface area contributed by atoms with Crippen LogP contribution in [-0.4, -0.2) is 13.2 Å². The van der Waals surface area contributed by atoms with Crippen molar-refractivity contribution in [2.45, 2.75) is 33.9 Å². The van der Waals surface area contributed by atoms with Gasteiger partial charge in [-0.15, -0.1) is 0 Å². The molecule has 2 aromatic rings. The van der Waals surface area contributed by atoms with Crippen molar-refractivity contribution in [1.82, 2.24) is 0 Å². The van der Waals surface area contributed by atoms with Crippen molar-refractivity contribution in [3.8, 4) is 11.1 Å². The predicted molar refractivity (Wildman–Crippen MR) is 95.9 cm³/mol. The average Bonchev–Trinajstić information content (AvgIpc) is 2.50. The van der Waals surface area contributed by atoms with Gasteiger partial charge in [0.25, 0.3) is 0 Å². The summed E-state index contributed by atoms with van der Waals surface area (Å²) in [7, 11) is -3.07. The maximum Gasteiger partial charge on any atom is 0.335 e. The standard InChI is InChI=1S/C19H25O3P/c1-5-21-23(20,22-6-2)14-17-8-7-9-18(13-17)19-12-15(3)10-11-16(19)4/h7-13H,5-6,14H2,1-4H3. The smallest absolute Gasteiger partial charge is 0.309 e. The molecular formula is C19H25O3P. The van der Waals surface area contributed by atoms with E-state index in [0.717, 1.165) is 11.1 Å². The fourth-order valence-electron chi connectivity index (χ4n) is 2.63. The molecule has 0 fully saturated rings. The second-order valence-electron chi connectivity index (χ2n) is 5.62. The maximum absolute atomic E-state index is 12.7. The first-order valence-electron chi connectivity index (χ1n) is 8.02. The van der Waals surface area contributed by atoms with Gasteiger partial charge < -0.3 is 9.05 Å². The molecule has 0 N–H and O–H groups in total. The van der Waals surface area contributed by atoms with Crippen LogP contribution in [0.3, 0.4) is 0 Å². The van der Waals surface area contributed by atoms with E-state index >= 15 is 0 Å². The van der Waals surface area contributed by atoms with Crippen molar-refractivity contribution >= 4 is 7.60 Å². The Morgan fingerprint density at radius 2 is 1.65 bits per heavy atom. The van der Waals surface area contributed by atoms with E-state index in [4.69, 9.17) is 9.05 Å². The molecule has 0 saturated heterocycles. The summed E-state index contributed by atoms with van der Waals surface area (Å²) < 4.78 is 23.5. The normalized spacial score (nSPS) is 11.7. The summed E-state index contributed by atoms with van der Waals surface area (Å²) >= 11 is 0. The van der Waals surface area contributed by atoms with Crippen LogP contribution in [0, 0.1) is 13.8 Å². The Labute approximate surface area is 139 Å². The van der Waals surface area contributed by atoms with E-state index in [1.807, 2.05) is 26.0 Å². The van der Waals surface area contributed by atoms with Gasteiger partial charge in [0.05, 0.1) is 19.4 Å². The van der Waals surface area contributed by atoms with E-state index in [0.29, 0.717) is 19.4 Å². The first-order valence-corrected chi connectivity index (χ1v) is 9.75. The fourth-order valence-corrected chi connectivity index (χ4v) is 4.32. The highest BCUT2D eigenvalue weighted by atomic mass is 31.2. The van der Waals surface area contributed by atoms with Gasteiger partial charge in [-0.3, -0.25) is 4.57 Å². The Bertz CT molecular complexity index is 700. The topological polar surface area (TPSA) is 35.5 Å². The lowest BCUT2D eigenvalue weighted by atomic mass is 9.97. The third kappa shape index (κ3) is 4.78. The van der Waals surface area contributed by atoms with Crippen LogP contribution in [0.4, 0.5) is 0 Å². The molecule has 124 valence electrons. The van der Waals surface area contributed by atoms with E-state index in [-0.39, 0.29) is 0 Å². The Balaban J connectivity index is 2.33. The third-order valence-electron chi connectivity index (χ3n) is 3.66. The molecule has 4 heteroatoms. The van der Waals surface area contributed by atoms with Gasteiger partial charge in [-0.2, -0.15) is 0 Å². The summed E-state index contributed by atoms with van der Waals surface area (Å²) in [5.74, 6) is 0. The minimum Gasteiger partial charge on any atom is -0.309 e. The molecule has 0 amide bonds. The van der Waals surface area contributed by atoms with Crippen LogP contribution in [-0.2, 0) is 19.8 Å². The van der Waals surface area contributed by atoms with Gasteiger partial charge in [0, 0.05) is 0 Å². The quantitative estimate of drug-likeness (QED) is 0.607.